The van der Waals surface area contributed by atoms with Gasteiger partial charge in [-0.1, -0.05) is 0 Å². The van der Waals surface area contributed by atoms with Crippen molar-refractivity contribution >= 4 is 11.9 Å². The number of halogens is 28. The van der Waals surface area contributed by atoms with Crippen LogP contribution >= 0.6 is 0 Å². The van der Waals surface area contributed by atoms with Crippen LogP contribution in [0.1, 0.15) is 0 Å². The van der Waals surface area contributed by atoms with Crippen LogP contribution in [-0.4, -0.2) is 106 Å². The highest BCUT2D eigenvalue weighted by Crippen LogP contribution is 2.61. The summed E-state index contributed by atoms with van der Waals surface area (Å²) in [7, 11) is 0. The molecule has 0 aliphatic heterocycles. The lowest BCUT2D eigenvalue weighted by Gasteiger charge is -2.41. The molecule has 0 atom stereocenters. The first kappa shape index (κ1) is 47.9. The number of carbonyl (C=O) groups is 2. The number of rotatable bonds is 18. The zero-order chi connectivity index (χ0) is 42.3. The second-order valence-electron chi connectivity index (χ2n) is 8.61. The molecule has 0 aliphatic rings. The average molecular weight is 838 g/mol. The molecule has 0 unspecified atom stereocenters. The summed E-state index contributed by atoms with van der Waals surface area (Å²) in [6.07, 6.45) is -52.1. The third kappa shape index (κ3) is 6.91. The van der Waals surface area contributed by atoms with E-state index < -0.39 is 96.0 Å². The summed E-state index contributed by atoms with van der Waals surface area (Å²) in [4.78, 5) is 19.9. The smallest absolute Gasteiger partial charge is 0.431 e. The SMILES string of the molecule is O=C(O)C(F)(F)C(F)(F)C(F)(F)OC(F)(F)C(F)(F)C(F)(F)C(F)(F)OC(F)(F)C(F)(F)C(F)(F)C(F)(F)OC(F)(F)C(F)(F)C(F)(F)C(=O)O. The number of carboxylic acids is 2. The number of hydrogen-bond donors (Lipinski definition) is 2. The molecule has 0 aromatic rings. The molecule has 0 rings (SSSR count). The summed E-state index contributed by atoms with van der Waals surface area (Å²) in [5.41, 5.74) is 0. The summed E-state index contributed by atoms with van der Waals surface area (Å²) in [5.74, 6) is -76.9. The molecule has 0 saturated heterocycles. The van der Waals surface area contributed by atoms with Crippen molar-refractivity contribution in [3.8, 4) is 0 Å². The fraction of sp³-hybridized carbons (Fsp3) is 0.875. The molecular formula is C16H2F28O7. The first-order valence-corrected chi connectivity index (χ1v) is 10.4. The molecule has 304 valence electrons. The van der Waals surface area contributed by atoms with Crippen LogP contribution in [0.3, 0.4) is 0 Å². The molecule has 0 fully saturated rings. The lowest BCUT2D eigenvalue weighted by molar-refractivity contribution is -0.552. The standard InChI is InChI=1S/C16H2F28O7/c17-3(18,1(45)46)5(21,22)11(33,34)49-13(37,38)7(25,26)9(29,30)15(41,42)51-16(43,44)10(31,32)8(27,28)14(39,40)50-12(35,36)6(23,24)4(19,20)2(47)48/h(H,45,46)(H,47,48). The first-order valence-electron chi connectivity index (χ1n) is 10.4. The van der Waals surface area contributed by atoms with Crippen LogP contribution in [0.4, 0.5) is 123 Å². The van der Waals surface area contributed by atoms with E-state index in [-0.39, 0.29) is 0 Å². The lowest BCUT2D eigenvalue weighted by atomic mass is 10.1. The van der Waals surface area contributed by atoms with E-state index in [1.165, 1.54) is 0 Å². The molecule has 35 heteroatoms. The Morgan fingerprint density at radius 3 is 0.510 bits per heavy atom. The van der Waals surface area contributed by atoms with Gasteiger partial charge < -0.3 is 10.2 Å². The van der Waals surface area contributed by atoms with Crippen molar-refractivity contribution in [1.82, 2.24) is 0 Å². The van der Waals surface area contributed by atoms with Gasteiger partial charge in [-0.05, 0) is 0 Å². The number of ether oxygens (including phenoxy) is 3. The Bertz CT molecular complexity index is 1220. The van der Waals surface area contributed by atoms with Gasteiger partial charge in [0.05, 0.1) is 0 Å². The van der Waals surface area contributed by atoms with Crippen LogP contribution in [0.25, 0.3) is 0 Å². The van der Waals surface area contributed by atoms with E-state index in [1.54, 1.807) is 0 Å². The van der Waals surface area contributed by atoms with Gasteiger partial charge >= 0.3 is 96.0 Å². The molecular weight excluding hydrogens is 836 g/mol. The third-order valence-electron chi connectivity index (χ3n) is 5.08. The van der Waals surface area contributed by atoms with E-state index >= 15 is 0 Å². The molecule has 0 radical (unpaired) electrons. The van der Waals surface area contributed by atoms with Crippen LogP contribution in [0.5, 0.6) is 0 Å². The maximum absolute atomic E-state index is 13.6. The van der Waals surface area contributed by atoms with Crippen molar-refractivity contribution in [2.24, 2.45) is 0 Å². The minimum Gasteiger partial charge on any atom is -0.477 e. The highest BCUT2D eigenvalue weighted by atomic mass is 19.4. The van der Waals surface area contributed by atoms with E-state index in [0.29, 0.717) is 4.74 Å². The van der Waals surface area contributed by atoms with E-state index in [0.717, 1.165) is 9.47 Å². The molecule has 51 heavy (non-hydrogen) atoms. The second-order valence-corrected chi connectivity index (χ2v) is 8.61. The molecule has 0 heterocycles. The van der Waals surface area contributed by atoms with Crippen molar-refractivity contribution in [1.29, 1.82) is 0 Å². The van der Waals surface area contributed by atoms with Crippen LogP contribution in [0, 0.1) is 0 Å². The van der Waals surface area contributed by atoms with Crippen molar-refractivity contribution in [3.05, 3.63) is 0 Å². The predicted octanol–water partition coefficient (Wildman–Crippen LogP) is 7.84. The Balaban J connectivity index is 6.93. The van der Waals surface area contributed by atoms with Crippen LogP contribution in [0.2, 0.25) is 0 Å². The largest absolute Gasteiger partial charge is 0.477 e. The zero-order valence-electron chi connectivity index (χ0n) is 21.5. The Morgan fingerprint density at radius 2 is 0.392 bits per heavy atom. The van der Waals surface area contributed by atoms with E-state index in [4.69, 9.17) is 10.2 Å². The second kappa shape index (κ2) is 12.2. The summed E-state index contributed by atoms with van der Waals surface area (Å²) in [5, 5.41) is 15.4. The third-order valence-corrected chi connectivity index (χ3v) is 5.08. The van der Waals surface area contributed by atoms with Crippen molar-refractivity contribution in [3.63, 3.8) is 0 Å². The molecule has 7 nitrogen and oxygen atoms in total. The van der Waals surface area contributed by atoms with Gasteiger partial charge in [-0.3, -0.25) is 0 Å². The van der Waals surface area contributed by atoms with Gasteiger partial charge in [0.1, 0.15) is 0 Å². The highest BCUT2D eigenvalue weighted by molar-refractivity contribution is 5.77. The van der Waals surface area contributed by atoms with E-state index in [2.05, 4.69) is 0 Å². The van der Waals surface area contributed by atoms with Gasteiger partial charge in [-0.2, -0.15) is 123 Å². The minimum atomic E-state index is -9.20. The highest BCUT2D eigenvalue weighted by Gasteiger charge is 2.91. The molecule has 0 aromatic carbocycles. The predicted molar refractivity (Wildman–Crippen MR) is 87.8 cm³/mol. The minimum absolute atomic E-state index is 0.713. The number of alkyl halides is 28. The zero-order valence-corrected chi connectivity index (χ0v) is 21.5. The Hall–Kier alpha value is -3.14. The number of aliphatic carboxylic acids is 2. The van der Waals surface area contributed by atoms with Gasteiger partial charge in [-0.15, -0.1) is 0 Å². The quantitative estimate of drug-likeness (QED) is 0.136. The Labute approximate surface area is 254 Å². The number of carboxylic acid groups (broad SMARTS) is 2. The number of hydrogen-bond acceptors (Lipinski definition) is 5. The molecule has 0 saturated carbocycles. The van der Waals surface area contributed by atoms with E-state index in [9.17, 15) is 133 Å². The molecule has 0 amide bonds. The maximum atomic E-state index is 13.6. The van der Waals surface area contributed by atoms with Gasteiger partial charge in [0, 0.05) is 0 Å². The summed E-state index contributed by atoms with van der Waals surface area (Å²) in [6, 6.07) is 0. The molecule has 0 bridgehead atoms. The average Bonchev–Trinajstić information content (AvgIpc) is 2.85. The topological polar surface area (TPSA) is 102 Å². The van der Waals surface area contributed by atoms with Crippen LogP contribution in [-0.2, 0) is 23.8 Å². The van der Waals surface area contributed by atoms with Gasteiger partial charge in [-0.25, -0.2) is 23.8 Å². The summed E-state index contributed by atoms with van der Waals surface area (Å²) in [6.45, 7) is 0. The van der Waals surface area contributed by atoms with Gasteiger partial charge in [0.2, 0.25) is 0 Å². The molecule has 0 spiro atoms. The van der Waals surface area contributed by atoms with Crippen molar-refractivity contribution in [2.75, 3.05) is 0 Å². The van der Waals surface area contributed by atoms with Crippen molar-refractivity contribution < 1.29 is 157 Å². The fourth-order valence-electron chi connectivity index (χ4n) is 2.23. The molecule has 2 N–H and O–H groups in total. The lowest BCUT2D eigenvalue weighted by Crippen LogP contribution is -2.70. The normalized spacial score (nSPS) is 16.4. The maximum Gasteiger partial charge on any atom is 0.431 e. The Kier molecular flexibility index (Phi) is 11.5. The van der Waals surface area contributed by atoms with E-state index in [1.807, 2.05) is 0 Å². The van der Waals surface area contributed by atoms with Crippen LogP contribution in [0.15, 0.2) is 0 Å². The monoisotopic (exact) mass is 838 g/mol. The molecule has 0 aromatic heterocycles. The summed E-state index contributed by atoms with van der Waals surface area (Å²) < 4.78 is 375. The first-order chi connectivity index (χ1) is 21.5. The van der Waals surface area contributed by atoms with Crippen LogP contribution < -0.4 is 0 Å². The van der Waals surface area contributed by atoms with Crippen molar-refractivity contribution in [2.45, 2.75) is 84.0 Å². The Morgan fingerprint density at radius 1 is 0.275 bits per heavy atom. The van der Waals surface area contributed by atoms with Gasteiger partial charge in [0.15, 0.2) is 0 Å². The van der Waals surface area contributed by atoms with Gasteiger partial charge in [0.25, 0.3) is 0 Å². The molecule has 0 aliphatic carbocycles. The fourth-order valence-corrected chi connectivity index (χ4v) is 2.23. The summed E-state index contributed by atoms with van der Waals surface area (Å²) >= 11 is 0.